The highest BCUT2D eigenvalue weighted by atomic mass is 79.9. The standard InChI is InChI=1S/C24H23BrN6O3/c1-29-22-21(23(32)30(2)24(29)33)27-15-31(22)12-3-13-34-19-10-4-16(5-11-19)20(14-26)28-18-8-6-17(25)7-9-18/h4-11,15,20,28H,3,12-13H2,1-2H3. The molecule has 0 aliphatic heterocycles. The second kappa shape index (κ2) is 9.97. The zero-order valence-electron chi connectivity index (χ0n) is 18.7. The van der Waals surface area contributed by atoms with Gasteiger partial charge in [-0.1, -0.05) is 28.1 Å². The molecule has 2 aromatic carbocycles. The first-order valence-corrected chi connectivity index (χ1v) is 11.4. The van der Waals surface area contributed by atoms with Crippen LogP contribution in [0.5, 0.6) is 5.75 Å². The highest BCUT2D eigenvalue weighted by molar-refractivity contribution is 9.10. The molecule has 1 atom stereocenters. The topological polar surface area (TPSA) is 107 Å². The number of aromatic nitrogens is 4. The van der Waals surface area contributed by atoms with Crippen LogP contribution in [-0.4, -0.2) is 25.3 Å². The van der Waals surface area contributed by atoms with Gasteiger partial charge in [-0.15, -0.1) is 0 Å². The van der Waals surface area contributed by atoms with Crippen LogP contribution in [0.1, 0.15) is 18.0 Å². The van der Waals surface area contributed by atoms with Crippen molar-refractivity contribution in [2.24, 2.45) is 14.1 Å². The molecule has 10 heteroatoms. The van der Waals surface area contributed by atoms with Crippen LogP contribution in [-0.2, 0) is 20.6 Å². The molecule has 174 valence electrons. The maximum absolute atomic E-state index is 12.3. The quantitative estimate of drug-likeness (QED) is 0.355. The van der Waals surface area contributed by atoms with Gasteiger partial charge in [0.15, 0.2) is 5.52 Å². The van der Waals surface area contributed by atoms with Crippen LogP contribution >= 0.6 is 15.9 Å². The van der Waals surface area contributed by atoms with Crippen molar-refractivity contribution in [3.05, 3.63) is 85.7 Å². The maximum Gasteiger partial charge on any atom is 0.332 e. The molecule has 0 spiro atoms. The van der Waals surface area contributed by atoms with Crippen molar-refractivity contribution >= 4 is 32.8 Å². The lowest BCUT2D eigenvalue weighted by Crippen LogP contribution is -2.37. The summed E-state index contributed by atoms with van der Waals surface area (Å²) in [6.45, 7) is 0.985. The van der Waals surface area contributed by atoms with E-state index in [2.05, 4.69) is 32.3 Å². The molecule has 0 radical (unpaired) electrons. The molecule has 0 aliphatic rings. The Balaban J connectivity index is 1.35. The Hall–Kier alpha value is -3.84. The number of anilines is 1. The van der Waals surface area contributed by atoms with E-state index in [0.717, 1.165) is 20.3 Å². The van der Waals surface area contributed by atoms with Gasteiger partial charge in [0.2, 0.25) is 0 Å². The van der Waals surface area contributed by atoms with Crippen LogP contribution in [0.3, 0.4) is 0 Å². The summed E-state index contributed by atoms with van der Waals surface area (Å²) < 4.78 is 11.1. The molecule has 0 saturated heterocycles. The summed E-state index contributed by atoms with van der Waals surface area (Å²) in [5.74, 6) is 0.695. The molecule has 0 saturated carbocycles. The molecular formula is C24H23BrN6O3. The SMILES string of the molecule is Cn1c(=O)c2ncn(CCCOc3ccc(C(C#N)Nc4ccc(Br)cc4)cc3)c2n(C)c1=O. The highest BCUT2D eigenvalue weighted by Crippen LogP contribution is 2.23. The molecule has 1 N–H and O–H groups in total. The number of hydrogen-bond acceptors (Lipinski definition) is 6. The van der Waals surface area contributed by atoms with Gasteiger partial charge in [-0.05, 0) is 48.4 Å². The molecule has 1 unspecified atom stereocenters. The van der Waals surface area contributed by atoms with Crippen molar-refractivity contribution in [2.45, 2.75) is 19.0 Å². The number of benzene rings is 2. The van der Waals surface area contributed by atoms with Crippen molar-refractivity contribution in [1.82, 2.24) is 18.7 Å². The van der Waals surface area contributed by atoms with Gasteiger partial charge in [0.1, 0.15) is 17.4 Å². The van der Waals surface area contributed by atoms with Crippen molar-refractivity contribution < 1.29 is 4.74 Å². The van der Waals surface area contributed by atoms with Crippen LogP contribution in [0.15, 0.2) is 68.9 Å². The lowest BCUT2D eigenvalue weighted by Gasteiger charge is -2.14. The first-order chi connectivity index (χ1) is 16.4. The minimum Gasteiger partial charge on any atom is -0.494 e. The zero-order chi connectivity index (χ0) is 24.2. The number of ether oxygens (including phenoxy) is 1. The van der Waals surface area contributed by atoms with Crippen molar-refractivity contribution in [3.63, 3.8) is 0 Å². The van der Waals surface area contributed by atoms with Crippen molar-refractivity contribution in [3.8, 4) is 11.8 Å². The smallest absolute Gasteiger partial charge is 0.332 e. The van der Waals surface area contributed by atoms with Crippen LogP contribution in [0.2, 0.25) is 0 Å². The Morgan fingerprint density at radius 2 is 1.79 bits per heavy atom. The molecule has 4 rings (SSSR count). The molecule has 0 amide bonds. The summed E-state index contributed by atoms with van der Waals surface area (Å²) in [5.41, 5.74) is 1.67. The monoisotopic (exact) mass is 522 g/mol. The molecular weight excluding hydrogens is 500 g/mol. The molecule has 2 aromatic heterocycles. The normalized spacial score (nSPS) is 11.8. The fourth-order valence-corrected chi connectivity index (χ4v) is 3.95. The molecule has 9 nitrogen and oxygen atoms in total. The van der Waals surface area contributed by atoms with E-state index in [-0.39, 0.29) is 11.2 Å². The number of halogens is 1. The second-order valence-corrected chi connectivity index (χ2v) is 8.72. The lowest BCUT2D eigenvalue weighted by atomic mass is 10.1. The molecule has 0 bridgehead atoms. The minimum atomic E-state index is -0.482. The Morgan fingerprint density at radius 1 is 1.09 bits per heavy atom. The summed E-state index contributed by atoms with van der Waals surface area (Å²) in [6.07, 6.45) is 2.23. The van der Waals surface area contributed by atoms with E-state index >= 15 is 0 Å². The average molecular weight is 523 g/mol. The van der Waals surface area contributed by atoms with E-state index in [4.69, 9.17) is 4.74 Å². The number of nitrogens with one attached hydrogen (secondary N) is 1. The third-order valence-electron chi connectivity index (χ3n) is 5.52. The predicted octanol–water partition coefficient (Wildman–Crippen LogP) is 3.34. The minimum absolute atomic E-state index is 0.268. The highest BCUT2D eigenvalue weighted by Gasteiger charge is 2.14. The van der Waals surface area contributed by atoms with Crippen LogP contribution in [0.4, 0.5) is 5.69 Å². The molecule has 0 fully saturated rings. The molecule has 0 aliphatic carbocycles. The van der Waals surface area contributed by atoms with Crippen LogP contribution < -0.4 is 21.3 Å². The first kappa shape index (κ1) is 23.3. The van der Waals surface area contributed by atoms with Gasteiger partial charge in [-0.25, -0.2) is 9.78 Å². The van der Waals surface area contributed by atoms with E-state index < -0.39 is 11.6 Å². The number of aryl methyl sites for hydroxylation is 2. The van der Waals surface area contributed by atoms with Crippen molar-refractivity contribution in [1.29, 1.82) is 5.26 Å². The zero-order valence-corrected chi connectivity index (χ0v) is 20.3. The van der Waals surface area contributed by atoms with Gasteiger partial charge < -0.3 is 14.6 Å². The third kappa shape index (κ3) is 4.75. The third-order valence-corrected chi connectivity index (χ3v) is 6.05. The number of nitrogens with zero attached hydrogens (tertiary/aromatic N) is 5. The fourth-order valence-electron chi connectivity index (χ4n) is 3.69. The Morgan fingerprint density at radius 3 is 2.47 bits per heavy atom. The van der Waals surface area contributed by atoms with E-state index in [0.29, 0.717) is 31.0 Å². The van der Waals surface area contributed by atoms with E-state index in [9.17, 15) is 14.9 Å². The first-order valence-electron chi connectivity index (χ1n) is 10.6. The summed E-state index contributed by atoms with van der Waals surface area (Å²) in [7, 11) is 3.07. The van der Waals surface area contributed by atoms with Crippen molar-refractivity contribution in [2.75, 3.05) is 11.9 Å². The number of nitriles is 1. The lowest BCUT2D eigenvalue weighted by molar-refractivity contribution is 0.302. The largest absolute Gasteiger partial charge is 0.494 e. The molecule has 2 heterocycles. The number of rotatable bonds is 8. The fraction of sp³-hybridized carbons (Fsp3) is 0.250. The van der Waals surface area contributed by atoms with Crippen LogP contribution in [0.25, 0.3) is 11.2 Å². The predicted molar refractivity (Wildman–Crippen MR) is 133 cm³/mol. The number of hydrogen-bond donors (Lipinski definition) is 1. The molecule has 34 heavy (non-hydrogen) atoms. The van der Waals surface area contributed by atoms with Crippen LogP contribution in [0, 0.1) is 11.3 Å². The summed E-state index contributed by atoms with van der Waals surface area (Å²) in [6, 6.07) is 16.8. The van der Waals surface area contributed by atoms with Gasteiger partial charge in [0.05, 0.1) is 19.0 Å². The average Bonchev–Trinajstić information content (AvgIpc) is 3.28. The number of fused-ring (bicyclic) bond motifs is 1. The number of imidazole rings is 1. The van der Waals surface area contributed by atoms with Gasteiger partial charge in [-0.2, -0.15) is 5.26 Å². The van der Waals surface area contributed by atoms with Gasteiger partial charge in [0.25, 0.3) is 5.56 Å². The summed E-state index contributed by atoms with van der Waals surface area (Å²) >= 11 is 3.40. The van der Waals surface area contributed by atoms with E-state index in [1.54, 1.807) is 17.9 Å². The van der Waals surface area contributed by atoms with Gasteiger partial charge in [0, 0.05) is 30.8 Å². The van der Waals surface area contributed by atoms with Gasteiger partial charge >= 0.3 is 5.69 Å². The van der Waals surface area contributed by atoms with Gasteiger partial charge in [-0.3, -0.25) is 13.9 Å². The summed E-state index contributed by atoms with van der Waals surface area (Å²) in [5, 5.41) is 12.8. The second-order valence-electron chi connectivity index (χ2n) is 7.80. The maximum atomic E-state index is 12.3. The molecule has 4 aromatic rings. The van der Waals surface area contributed by atoms with E-state index in [1.165, 1.54) is 11.6 Å². The summed E-state index contributed by atoms with van der Waals surface area (Å²) in [4.78, 5) is 28.7. The Kier molecular flexibility index (Phi) is 6.84. The Labute approximate surface area is 204 Å². The Bertz CT molecular complexity index is 1460. The van der Waals surface area contributed by atoms with E-state index in [1.807, 2.05) is 48.5 Å².